The minimum atomic E-state index is -3.85. The second-order valence-corrected chi connectivity index (χ2v) is 11.1. The summed E-state index contributed by atoms with van der Waals surface area (Å²) in [5, 5.41) is 0. The molecule has 0 amide bonds. The molecule has 0 fully saturated rings. The van der Waals surface area contributed by atoms with E-state index < -0.39 is 35.5 Å². The van der Waals surface area contributed by atoms with Gasteiger partial charge in [-0.05, 0) is 0 Å². The van der Waals surface area contributed by atoms with Gasteiger partial charge in [0.15, 0.2) is 0 Å². The standard InChI is InChI=1S/C12H17O7S3.Y/c1-9-11(8-21(3,15)16)5-10(7-20(2,13)14)6-12(9)19-22(4,17)18;/h5H,7-8H2,1-4H3;/q-1;. The molecule has 129 valence electrons. The van der Waals surface area contributed by atoms with Gasteiger partial charge in [-0.15, -0.1) is 22.8 Å². The molecule has 0 unspecified atom stereocenters. The van der Waals surface area contributed by atoms with E-state index in [9.17, 15) is 25.3 Å². The van der Waals surface area contributed by atoms with Crippen LogP contribution in [0.3, 0.4) is 0 Å². The van der Waals surface area contributed by atoms with Crippen LogP contribution in [-0.4, -0.2) is 44.0 Å². The van der Waals surface area contributed by atoms with Crippen molar-refractivity contribution in [2.75, 3.05) is 18.8 Å². The third-order valence-corrected chi connectivity index (χ3v) is 4.66. The van der Waals surface area contributed by atoms with Crippen molar-refractivity contribution >= 4 is 29.8 Å². The second-order valence-electron chi connectivity index (χ2n) is 5.20. The summed E-state index contributed by atoms with van der Waals surface area (Å²) >= 11 is 0. The molecule has 0 aromatic heterocycles. The van der Waals surface area contributed by atoms with Gasteiger partial charge in [-0.3, -0.25) is 0 Å². The van der Waals surface area contributed by atoms with Gasteiger partial charge < -0.3 is 4.18 Å². The van der Waals surface area contributed by atoms with Crippen molar-refractivity contribution in [2.45, 2.75) is 18.4 Å². The molecule has 23 heavy (non-hydrogen) atoms. The largest absolute Gasteiger partial charge is 0.409 e. The Balaban J connectivity index is 0.00000484. The number of sulfone groups is 2. The van der Waals surface area contributed by atoms with Crippen LogP contribution >= 0.6 is 0 Å². The van der Waals surface area contributed by atoms with Gasteiger partial charge in [0.2, 0.25) is 0 Å². The molecule has 1 rings (SSSR count). The Morgan fingerprint density at radius 1 is 0.957 bits per heavy atom. The zero-order valence-electron chi connectivity index (χ0n) is 13.2. The normalized spacial score (nSPS) is 12.5. The van der Waals surface area contributed by atoms with E-state index in [1.807, 2.05) is 0 Å². The molecule has 0 aliphatic heterocycles. The average molecular weight is 458 g/mol. The van der Waals surface area contributed by atoms with Crippen LogP contribution in [0.25, 0.3) is 0 Å². The Morgan fingerprint density at radius 2 is 1.43 bits per heavy atom. The third-order valence-electron chi connectivity index (χ3n) is 2.51. The Bertz CT molecular complexity index is 830. The van der Waals surface area contributed by atoms with Gasteiger partial charge >= 0.3 is 10.1 Å². The predicted octanol–water partition coefficient (Wildman–Crippen LogP) is 0.220. The molecular formula is C12H17O7S3Y-. The molecule has 1 radical (unpaired) electrons. The zero-order valence-corrected chi connectivity index (χ0v) is 18.4. The maximum Gasteiger partial charge on any atom is 0.304 e. The monoisotopic (exact) mass is 458 g/mol. The third kappa shape index (κ3) is 9.14. The molecule has 0 saturated carbocycles. The van der Waals surface area contributed by atoms with Crippen molar-refractivity contribution in [3.63, 3.8) is 0 Å². The minimum absolute atomic E-state index is 0. The van der Waals surface area contributed by atoms with Gasteiger partial charge in [-0.25, -0.2) is 16.8 Å². The van der Waals surface area contributed by atoms with Crippen LogP contribution in [0.2, 0.25) is 0 Å². The molecule has 0 aliphatic carbocycles. The summed E-state index contributed by atoms with van der Waals surface area (Å²) in [6.07, 6.45) is 2.87. The molecule has 0 aliphatic rings. The van der Waals surface area contributed by atoms with Crippen molar-refractivity contribution in [1.29, 1.82) is 0 Å². The predicted molar refractivity (Wildman–Crippen MR) is 82.6 cm³/mol. The molecule has 1 aromatic carbocycles. The zero-order chi connectivity index (χ0) is 17.3. The summed E-state index contributed by atoms with van der Waals surface area (Å²) in [5.74, 6) is -0.948. The van der Waals surface area contributed by atoms with E-state index in [2.05, 4.69) is 6.07 Å². The number of hydrogen-bond donors (Lipinski definition) is 0. The first-order chi connectivity index (χ1) is 9.66. The van der Waals surface area contributed by atoms with Crippen molar-refractivity contribution in [3.8, 4) is 5.75 Å². The number of benzene rings is 1. The summed E-state index contributed by atoms with van der Waals surface area (Å²) in [6, 6.07) is 3.96. The maximum atomic E-state index is 11.5. The Hall–Kier alpha value is -0.0261. The van der Waals surface area contributed by atoms with Crippen LogP contribution in [-0.2, 0) is 74.0 Å². The van der Waals surface area contributed by atoms with Crippen LogP contribution in [0.1, 0.15) is 16.7 Å². The molecule has 0 atom stereocenters. The van der Waals surface area contributed by atoms with Crippen molar-refractivity contribution in [1.82, 2.24) is 0 Å². The molecule has 1 aromatic rings. The van der Waals surface area contributed by atoms with Gasteiger partial charge in [0.1, 0.15) is 19.7 Å². The fourth-order valence-electron chi connectivity index (χ4n) is 1.77. The molecule has 0 spiro atoms. The average Bonchev–Trinajstić information content (AvgIpc) is 2.18. The van der Waals surface area contributed by atoms with E-state index in [0.29, 0.717) is 0 Å². The molecular weight excluding hydrogens is 441 g/mol. The first-order valence-electron chi connectivity index (χ1n) is 5.96. The fraction of sp³-hybridized carbons (Fsp3) is 0.500. The Morgan fingerprint density at radius 3 is 1.83 bits per heavy atom. The smallest absolute Gasteiger partial charge is 0.304 e. The molecule has 0 bridgehead atoms. The molecule has 0 N–H and O–H groups in total. The van der Waals surface area contributed by atoms with Crippen LogP contribution in [0.5, 0.6) is 5.75 Å². The molecule has 0 saturated heterocycles. The van der Waals surface area contributed by atoms with Gasteiger partial charge in [0.05, 0.1) is 17.8 Å². The summed E-state index contributed by atoms with van der Waals surface area (Å²) in [6.45, 7) is 1.49. The summed E-state index contributed by atoms with van der Waals surface area (Å²) in [4.78, 5) is 0. The number of rotatable bonds is 6. The molecule has 11 heteroatoms. The van der Waals surface area contributed by atoms with Crippen molar-refractivity contribution < 1.29 is 62.1 Å². The van der Waals surface area contributed by atoms with E-state index in [-0.39, 0.29) is 60.9 Å². The van der Waals surface area contributed by atoms with E-state index >= 15 is 0 Å². The summed E-state index contributed by atoms with van der Waals surface area (Å²) in [7, 11) is -10.6. The summed E-state index contributed by atoms with van der Waals surface area (Å²) in [5.41, 5.74) is 0.706. The van der Waals surface area contributed by atoms with Crippen LogP contribution in [0, 0.1) is 13.0 Å². The van der Waals surface area contributed by atoms with Crippen molar-refractivity contribution in [2.24, 2.45) is 0 Å². The first kappa shape index (κ1) is 23.0. The fourth-order valence-corrected chi connectivity index (χ4v) is 3.82. The van der Waals surface area contributed by atoms with E-state index in [4.69, 9.17) is 4.18 Å². The quantitative estimate of drug-likeness (QED) is 0.443. The van der Waals surface area contributed by atoms with Crippen LogP contribution < -0.4 is 4.18 Å². The SMILES string of the molecule is Cc1c(OS(C)(=O)=O)[c-]c(CS(C)(=O)=O)cc1CS(C)(=O)=O.[Y]. The Labute approximate surface area is 162 Å². The van der Waals surface area contributed by atoms with Gasteiger partial charge in [0, 0.05) is 51.0 Å². The Kier molecular flexibility index (Phi) is 7.89. The van der Waals surface area contributed by atoms with Crippen molar-refractivity contribution in [3.05, 3.63) is 28.8 Å². The van der Waals surface area contributed by atoms with Crippen LogP contribution in [0.4, 0.5) is 0 Å². The topological polar surface area (TPSA) is 112 Å². The van der Waals surface area contributed by atoms with Gasteiger partial charge in [0.25, 0.3) is 0 Å². The minimum Gasteiger partial charge on any atom is -0.409 e. The first-order valence-corrected chi connectivity index (χ1v) is 11.9. The van der Waals surface area contributed by atoms with Gasteiger partial charge in [-0.2, -0.15) is 14.5 Å². The van der Waals surface area contributed by atoms with E-state index in [1.165, 1.54) is 13.0 Å². The second kappa shape index (κ2) is 7.90. The van der Waals surface area contributed by atoms with E-state index in [0.717, 1.165) is 18.8 Å². The summed E-state index contributed by atoms with van der Waals surface area (Å²) < 4.78 is 73.0. The number of hydrogen-bond acceptors (Lipinski definition) is 7. The van der Waals surface area contributed by atoms with Gasteiger partial charge in [-0.1, -0.05) is 6.92 Å². The molecule has 7 nitrogen and oxygen atoms in total. The van der Waals surface area contributed by atoms with E-state index in [1.54, 1.807) is 0 Å². The van der Waals surface area contributed by atoms with Crippen LogP contribution in [0.15, 0.2) is 6.07 Å². The maximum absolute atomic E-state index is 11.5. The molecule has 0 heterocycles.